The predicted octanol–water partition coefficient (Wildman–Crippen LogP) is 2.92. The molecule has 1 amide bonds. The Morgan fingerprint density at radius 3 is 2.62 bits per heavy atom. The quantitative estimate of drug-likeness (QED) is 0.887. The van der Waals surface area contributed by atoms with Crippen molar-refractivity contribution in [3.63, 3.8) is 0 Å². The van der Waals surface area contributed by atoms with Crippen molar-refractivity contribution in [3.05, 3.63) is 54.1 Å². The van der Waals surface area contributed by atoms with E-state index in [1.165, 1.54) is 5.56 Å². The highest BCUT2D eigenvalue weighted by Gasteiger charge is 2.13. The van der Waals surface area contributed by atoms with Crippen LogP contribution in [-0.2, 0) is 11.3 Å². The van der Waals surface area contributed by atoms with Crippen molar-refractivity contribution in [3.8, 4) is 11.5 Å². The second-order valence-corrected chi connectivity index (χ2v) is 5.88. The summed E-state index contributed by atoms with van der Waals surface area (Å²) in [7, 11) is 2.02. The van der Waals surface area contributed by atoms with Crippen LogP contribution in [0.3, 0.4) is 0 Å². The Labute approximate surface area is 142 Å². The SMILES string of the molecule is CN(CCC(=O)Nc1ccc2c(c1)OCCO2)Cc1ccccc1. The number of nitrogens with zero attached hydrogens (tertiary/aromatic N) is 1. The van der Waals surface area contributed by atoms with E-state index in [0.29, 0.717) is 31.9 Å². The van der Waals surface area contributed by atoms with E-state index in [2.05, 4.69) is 22.3 Å². The average molecular weight is 326 g/mol. The molecule has 1 heterocycles. The molecule has 0 aromatic heterocycles. The molecule has 0 spiro atoms. The third-order valence-corrected chi connectivity index (χ3v) is 3.84. The maximum Gasteiger partial charge on any atom is 0.225 e. The molecule has 0 aliphatic carbocycles. The second-order valence-electron chi connectivity index (χ2n) is 5.88. The third-order valence-electron chi connectivity index (χ3n) is 3.84. The highest BCUT2D eigenvalue weighted by Crippen LogP contribution is 2.32. The van der Waals surface area contributed by atoms with Crippen LogP contribution in [-0.4, -0.2) is 37.6 Å². The first-order valence-corrected chi connectivity index (χ1v) is 8.13. The van der Waals surface area contributed by atoms with Crippen LogP contribution in [0.4, 0.5) is 5.69 Å². The summed E-state index contributed by atoms with van der Waals surface area (Å²) in [6, 6.07) is 15.7. The van der Waals surface area contributed by atoms with Crippen molar-refractivity contribution in [1.82, 2.24) is 4.90 Å². The number of amides is 1. The van der Waals surface area contributed by atoms with Gasteiger partial charge in [0.05, 0.1) is 0 Å². The summed E-state index contributed by atoms with van der Waals surface area (Å²) >= 11 is 0. The molecule has 0 atom stereocenters. The number of fused-ring (bicyclic) bond motifs is 1. The first kappa shape index (κ1) is 16.3. The first-order valence-electron chi connectivity index (χ1n) is 8.13. The molecule has 0 fully saturated rings. The van der Waals surface area contributed by atoms with Crippen LogP contribution in [0.15, 0.2) is 48.5 Å². The normalized spacial score (nSPS) is 12.9. The zero-order chi connectivity index (χ0) is 16.8. The lowest BCUT2D eigenvalue weighted by molar-refractivity contribution is -0.116. The van der Waals surface area contributed by atoms with Gasteiger partial charge in [0, 0.05) is 31.3 Å². The lowest BCUT2D eigenvalue weighted by atomic mass is 10.2. The molecule has 5 heteroatoms. The standard InChI is InChI=1S/C19H22N2O3/c1-21(14-15-5-3-2-4-6-15)10-9-19(22)20-16-7-8-17-18(13-16)24-12-11-23-17/h2-8,13H,9-12,14H2,1H3,(H,20,22). The van der Waals surface area contributed by atoms with Crippen molar-refractivity contribution < 1.29 is 14.3 Å². The minimum Gasteiger partial charge on any atom is -0.486 e. The Morgan fingerprint density at radius 2 is 1.83 bits per heavy atom. The summed E-state index contributed by atoms with van der Waals surface area (Å²) in [5, 5.41) is 2.91. The Balaban J connectivity index is 1.47. The number of benzene rings is 2. The van der Waals surface area contributed by atoms with Crippen LogP contribution < -0.4 is 14.8 Å². The van der Waals surface area contributed by atoms with E-state index in [-0.39, 0.29) is 5.91 Å². The summed E-state index contributed by atoms with van der Waals surface area (Å²) < 4.78 is 11.0. The summed E-state index contributed by atoms with van der Waals surface area (Å²) in [6.07, 6.45) is 0.442. The van der Waals surface area contributed by atoms with Gasteiger partial charge in [-0.1, -0.05) is 30.3 Å². The minimum absolute atomic E-state index is 0.00779. The van der Waals surface area contributed by atoms with Gasteiger partial charge in [0.25, 0.3) is 0 Å². The van der Waals surface area contributed by atoms with Crippen LogP contribution in [0.2, 0.25) is 0 Å². The van der Waals surface area contributed by atoms with Crippen molar-refractivity contribution in [2.45, 2.75) is 13.0 Å². The van der Waals surface area contributed by atoms with Crippen molar-refractivity contribution in [2.24, 2.45) is 0 Å². The fraction of sp³-hybridized carbons (Fsp3) is 0.316. The van der Waals surface area contributed by atoms with E-state index < -0.39 is 0 Å². The minimum atomic E-state index is -0.00779. The Hall–Kier alpha value is -2.53. The van der Waals surface area contributed by atoms with E-state index in [1.54, 1.807) is 6.07 Å². The summed E-state index contributed by atoms with van der Waals surface area (Å²) in [5.41, 5.74) is 1.97. The number of carbonyl (C=O) groups excluding carboxylic acids is 1. The molecule has 2 aromatic carbocycles. The lowest BCUT2D eigenvalue weighted by Crippen LogP contribution is -2.24. The molecule has 126 valence electrons. The van der Waals surface area contributed by atoms with E-state index >= 15 is 0 Å². The van der Waals surface area contributed by atoms with E-state index in [4.69, 9.17) is 9.47 Å². The van der Waals surface area contributed by atoms with Crippen LogP contribution in [0, 0.1) is 0 Å². The zero-order valence-electron chi connectivity index (χ0n) is 13.8. The van der Waals surface area contributed by atoms with Gasteiger partial charge in [0.1, 0.15) is 13.2 Å². The van der Waals surface area contributed by atoms with E-state index in [9.17, 15) is 4.79 Å². The number of ether oxygens (including phenoxy) is 2. The number of hydrogen-bond donors (Lipinski definition) is 1. The molecule has 0 saturated heterocycles. The highest BCUT2D eigenvalue weighted by atomic mass is 16.6. The van der Waals surface area contributed by atoms with Crippen molar-refractivity contribution in [2.75, 3.05) is 32.1 Å². The van der Waals surface area contributed by atoms with Crippen LogP contribution >= 0.6 is 0 Å². The van der Waals surface area contributed by atoms with Gasteiger partial charge in [-0.25, -0.2) is 0 Å². The molecule has 0 radical (unpaired) electrons. The molecule has 1 aliphatic rings. The maximum atomic E-state index is 12.1. The highest BCUT2D eigenvalue weighted by molar-refractivity contribution is 5.91. The van der Waals surface area contributed by atoms with Gasteiger partial charge in [-0.2, -0.15) is 0 Å². The van der Waals surface area contributed by atoms with Crippen molar-refractivity contribution >= 4 is 11.6 Å². The number of hydrogen-bond acceptors (Lipinski definition) is 4. The number of carbonyl (C=O) groups is 1. The topological polar surface area (TPSA) is 50.8 Å². The molecule has 1 aliphatic heterocycles. The summed E-state index contributed by atoms with van der Waals surface area (Å²) in [4.78, 5) is 14.3. The largest absolute Gasteiger partial charge is 0.486 e. The summed E-state index contributed by atoms with van der Waals surface area (Å²) in [6.45, 7) is 2.63. The fourth-order valence-electron chi connectivity index (χ4n) is 2.61. The van der Waals surface area contributed by atoms with Gasteiger partial charge in [0.15, 0.2) is 11.5 Å². The van der Waals surface area contributed by atoms with Crippen LogP contribution in [0.1, 0.15) is 12.0 Å². The molecule has 24 heavy (non-hydrogen) atoms. The van der Waals surface area contributed by atoms with Gasteiger partial charge >= 0.3 is 0 Å². The average Bonchev–Trinajstić information content (AvgIpc) is 2.61. The molecule has 1 N–H and O–H groups in total. The molecular formula is C19H22N2O3. The Bertz CT molecular complexity index is 688. The zero-order valence-corrected chi connectivity index (χ0v) is 13.8. The first-order chi connectivity index (χ1) is 11.7. The van der Waals surface area contributed by atoms with Crippen LogP contribution in [0.5, 0.6) is 11.5 Å². The van der Waals surface area contributed by atoms with Gasteiger partial charge in [-0.3, -0.25) is 4.79 Å². The molecule has 0 unspecified atom stereocenters. The molecular weight excluding hydrogens is 304 g/mol. The number of nitrogens with one attached hydrogen (secondary N) is 1. The molecule has 5 nitrogen and oxygen atoms in total. The molecule has 2 aromatic rings. The number of rotatable bonds is 6. The third kappa shape index (κ3) is 4.49. The molecule has 0 bridgehead atoms. The summed E-state index contributed by atoms with van der Waals surface area (Å²) in [5.74, 6) is 1.40. The van der Waals surface area contributed by atoms with Crippen LogP contribution in [0.25, 0.3) is 0 Å². The Morgan fingerprint density at radius 1 is 1.08 bits per heavy atom. The van der Waals surface area contributed by atoms with Gasteiger partial charge in [-0.15, -0.1) is 0 Å². The molecule has 0 saturated carbocycles. The van der Waals surface area contributed by atoms with Gasteiger partial charge < -0.3 is 19.7 Å². The maximum absolute atomic E-state index is 12.1. The molecule has 3 rings (SSSR count). The van der Waals surface area contributed by atoms with E-state index in [0.717, 1.165) is 18.0 Å². The lowest BCUT2D eigenvalue weighted by Gasteiger charge is -2.19. The van der Waals surface area contributed by atoms with Gasteiger partial charge in [-0.05, 0) is 24.7 Å². The van der Waals surface area contributed by atoms with Gasteiger partial charge in [0.2, 0.25) is 5.91 Å². The second kappa shape index (κ2) is 7.84. The Kier molecular flexibility index (Phi) is 5.33. The van der Waals surface area contributed by atoms with E-state index in [1.807, 2.05) is 37.4 Å². The smallest absolute Gasteiger partial charge is 0.225 e. The number of anilines is 1. The predicted molar refractivity (Wildman–Crippen MR) is 93.5 cm³/mol. The van der Waals surface area contributed by atoms with Crippen molar-refractivity contribution in [1.29, 1.82) is 0 Å². The monoisotopic (exact) mass is 326 g/mol. The fourth-order valence-corrected chi connectivity index (χ4v) is 2.61.